The highest BCUT2D eigenvalue weighted by atomic mass is 16.5. The third-order valence-corrected chi connectivity index (χ3v) is 1.14. The fourth-order valence-electron chi connectivity index (χ4n) is 0.703. The predicted molar refractivity (Wildman–Crippen MR) is 29.8 cm³/mol. The van der Waals surface area contributed by atoms with Crippen LogP contribution in [-0.2, 0) is 9.53 Å². The van der Waals surface area contributed by atoms with Crippen LogP contribution in [0.2, 0.25) is 0 Å². The van der Waals surface area contributed by atoms with Gasteiger partial charge in [-0.25, -0.2) is 0 Å². The maximum absolute atomic E-state index is 10.5. The molecule has 0 spiro atoms. The Morgan fingerprint density at radius 2 is 2.67 bits per heavy atom. The van der Waals surface area contributed by atoms with E-state index in [0.29, 0.717) is 6.61 Å². The van der Waals surface area contributed by atoms with Gasteiger partial charge in [0.15, 0.2) is 0 Å². The predicted octanol–water partition coefficient (Wildman–Crippen LogP) is -1.51. The molecule has 0 aromatic heterocycles. The van der Waals surface area contributed by atoms with Crippen LogP contribution >= 0.6 is 0 Å². The van der Waals surface area contributed by atoms with Gasteiger partial charge in [-0.1, -0.05) is 0 Å². The summed E-state index contributed by atoms with van der Waals surface area (Å²) in [5.41, 5.74) is 0. The Morgan fingerprint density at radius 1 is 1.89 bits per heavy atom. The fraction of sp³-hybridized carbons (Fsp3) is 0.800. The maximum Gasteiger partial charge on any atom is 0.246 e. The second-order valence-corrected chi connectivity index (χ2v) is 1.96. The molecule has 1 saturated heterocycles. The van der Waals surface area contributed by atoms with E-state index in [4.69, 9.17) is 9.84 Å². The third-order valence-electron chi connectivity index (χ3n) is 1.14. The van der Waals surface area contributed by atoms with E-state index in [1.807, 2.05) is 0 Å². The molecule has 1 aliphatic heterocycles. The van der Waals surface area contributed by atoms with Crippen molar-refractivity contribution in [2.24, 2.45) is 0 Å². The molecule has 0 bridgehead atoms. The molecule has 2 N–H and O–H groups in total. The van der Waals surface area contributed by atoms with Crippen molar-refractivity contribution >= 4 is 5.91 Å². The number of rotatable bonds is 1. The number of aliphatic hydroxyl groups is 1. The minimum atomic E-state index is -0.203. The number of amides is 1. The lowest BCUT2D eigenvalue weighted by Gasteiger charge is -2.20. The Labute approximate surface area is 52.8 Å². The first kappa shape index (κ1) is 6.51. The lowest BCUT2D eigenvalue weighted by atomic mass is 10.3. The molecule has 0 aliphatic carbocycles. The smallest absolute Gasteiger partial charge is 0.246 e. The van der Waals surface area contributed by atoms with Gasteiger partial charge in [0.2, 0.25) is 5.91 Å². The van der Waals surface area contributed by atoms with Gasteiger partial charge >= 0.3 is 0 Å². The lowest BCUT2D eigenvalue weighted by molar-refractivity contribution is -0.132. The molecule has 1 heterocycles. The van der Waals surface area contributed by atoms with E-state index in [1.165, 1.54) is 0 Å². The van der Waals surface area contributed by atoms with Gasteiger partial charge in [0.25, 0.3) is 0 Å². The van der Waals surface area contributed by atoms with E-state index in [1.54, 1.807) is 0 Å². The monoisotopic (exact) mass is 131 g/mol. The molecule has 52 valence electrons. The minimum Gasteiger partial charge on any atom is -0.394 e. The molecule has 9 heavy (non-hydrogen) atoms. The van der Waals surface area contributed by atoms with Crippen LogP contribution in [0.4, 0.5) is 0 Å². The van der Waals surface area contributed by atoms with E-state index in [0.717, 1.165) is 0 Å². The molecule has 4 heteroatoms. The summed E-state index contributed by atoms with van der Waals surface area (Å²) in [7, 11) is 0. The average molecular weight is 131 g/mol. The quantitative estimate of drug-likeness (QED) is 0.455. The zero-order chi connectivity index (χ0) is 6.69. The van der Waals surface area contributed by atoms with E-state index in [-0.39, 0.29) is 25.2 Å². The lowest BCUT2D eigenvalue weighted by Crippen LogP contribution is -2.47. The van der Waals surface area contributed by atoms with Gasteiger partial charge in [0.05, 0.1) is 19.3 Å². The molecule has 0 saturated carbocycles. The summed E-state index contributed by atoms with van der Waals surface area (Å²) in [6.45, 7) is 0.491. The van der Waals surface area contributed by atoms with E-state index >= 15 is 0 Å². The Morgan fingerprint density at radius 3 is 3.11 bits per heavy atom. The Bertz CT molecular complexity index is 115. The standard InChI is InChI=1S/C5H9NO3/c7-1-4-2-9-3-5(8)6-4/h4,7H,1-3H2,(H,6,8)/t4-/m1/s1. The number of hydrogen-bond acceptors (Lipinski definition) is 3. The molecule has 0 radical (unpaired) electrons. The van der Waals surface area contributed by atoms with Crippen LogP contribution < -0.4 is 5.32 Å². The summed E-state index contributed by atoms with van der Waals surface area (Å²) >= 11 is 0. The van der Waals surface area contributed by atoms with Crippen molar-refractivity contribution in [2.75, 3.05) is 19.8 Å². The number of hydrogen-bond donors (Lipinski definition) is 2. The zero-order valence-electron chi connectivity index (χ0n) is 4.96. The largest absolute Gasteiger partial charge is 0.394 e. The first-order chi connectivity index (χ1) is 4.33. The Balaban J connectivity index is 2.32. The van der Waals surface area contributed by atoms with Gasteiger partial charge in [-0.05, 0) is 0 Å². The van der Waals surface area contributed by atoms with Gasteiger partial charge in [0.1, 0.15) is 6.61 Å². The SMILES string of the molecule is O=C1COC[C@@H](CO)N1. The molecule has 4 nitrogen and oxygen atoms in total. The molecule has 1 aliphatic rings. The van der Waals surface area contributed by atoms with E-state index in [2.05, 4.69) is 5.32 Å². The van der Waals surface area contributed by atoms with Crippen molar-refractivity contribution in [3.63, 3.8) is 0 Å². The van der Waals surface area contributed by atoms with Crippen molar-refractivity contribution in [2.45, 2.75) is 6.04 Å². The zero-order valence-corrected chi connectivity index (χ0v) is 4.96. The van der Waals surface area contributed by atoms with Gasteiger partial charge in [-0.2, -0.15) is 0 Å². The number of nitrogens with one attached hydrogen (secondary N) is 1. The van der Waals surface area contributed by atoms with E-state index in [9.17, 15) is 4.79 Å². The topological polar surface area (TPSA) is 58.6 Å². The summed E-state index contributed by atoms with van der Waals surface area (Å²) in [6, 6.07) is -0.203. The van der Waals surface area contributed by atoms with Crippen LogP contribution in [0.5, 0.6) is 0 Å². The first-order valence-corrected chi connectivity index (χ1v) is 2.81. The van der Waals surface area contributed by atoms with Gasteiger partial charge in [-0.3, -0.25) is 4.79 Å². The number of carbonyl (C=O) groups is 1. The summed E-state index contributed by atoms with van der Waals surface area (Å²) in [6.07, 6.45) is 0. The molecule has 0 aromatic rings. The van der Waals surface area contributed by atoms with Crippen molar-refractivity contribution in [1.82, 2.24) is 5.32 Å². The van der Waals surface area contributed by atoms with Crippen molar-refractivity contribution in [1.29, 1.82) is 0 Å². The van der Waals surface area contributed by atoms with Gasteiger partial charge in [-0.15, -0.1) is 0 Å². The maximum atomic E-state index is 10.5. The van der Waals surface area contributed by atoms with Crippen molar-refractivity contribution < 1.29 is 14.6 Å². The molecule has 1 amide bonds. The third kappa shape index (κ3) is 1.65. The number of ether oxygens (including phenoxy) is 1. The minimum absolute atomic E-state index is 0.0499. The highest BCUT2D eigenvalue weighted by molar-refractivity contribution is 5.78. The first-order valence-electron chi connectivity index (χ1n) is 2.81. The summed E-state index contributed by atoms with van der Waals surface area (Å²) < 4.78 is 4.81. The van der Waals surface area contributed by atoms with Crippen LogP contribution in [0.15, 0.2) is 0 Å². The Kier molecular flexibility index (Phi) is 2.02. The van der Waals surface area contributed by atoms with Gasteiger partial charge < -0.3 is 15.2 Å². The highest BCUT2D eigenvalue weighted by Gasteiger charge is 2.16. The normalized spacial score (nSPS) is 27.7. The van der Waals surface area contributed by atoms with Crippen LogP contribution in [0.1, 0.15) is 0 Å². The summed E-state index contributed by atoms with van der Waals surface area (Å²) in [5.74, 6) is -0.152. The molecule has 1 fully saturated rings. The molecule has 0 unspecified atom stereocenters. The fourth-order valence-corrected chi connectivity index (χ4v) is 0.703. The number of aliphatic hydroxyl groups excluding tert-OH is 1. The van der Waals surface area contributed by atoms with Crippen LogP contribution in [-0.4, -0.2) is 36.9 Å². The second-order valence-electron chi connectivity index (χ2n) is 1.96. The highest BCUT2D eigenvalue weighted by Crippen LogP contribution is 1.91. The summed E-state index contributed by atoms with van der Waals surface area (Å²) in [5, 5.41) is 11.1. The van der Waals surface area contributed by atoms with Gasteiger partial charge in [0, 0.05) is 0 Å². The molecule has 0 aromatic carbocycles. The number of carbonyl (C=O) groups excluding carboxylic acids is 1. The second kappa shape index (κ2) is 2.80. The van der Waals surface area contributed by atoms with Crippen LogP contribution in [0.3, 0.4) is 0 Å². The van der Waals surface area contributed by atoms with Crippen LogP contribution in [0.25, 0.3) is 0 Å². The number of morpholine rings is 1. The molecular formula is C5H9NO3. The molecule has 1 atom stereocenters. The molecule has 1 rings (SSSR count). The molecular weight excluding hydrogens is 122 g/mol. The van der Waals surface area contributed by atoms with Crippen molar-refractivity contribution in [3.05, 3.63) is 0 Å². The Hall–Kier alpha value is -0.610. The summed E-state index contributed by atoms with van der Waals surface area (Å²) in [4.78, 5) is 10.5. The van der Waals surface area contributed by atoms with Crippen LogP contribution in [0, 0.1) is 0 Å². The average Bonchev–Trinajstić information content (AvgIpc) is 1.88. The van der Waals surface area contributed by atoms with Crippen molar-refractivity contribution in [3.8, 4) is 0 Å². The van der Waals surface area contributed by atoms with E-state index < -0.39 is 0 Å².